The van der Waals surface area contributed by atoms with Crippen LogP contribution in [0.4, 0.5) is 0 Å². The van der Waals surface area contributed by atoms with Crippen molar-refractivity contribution in [2.24, 2.45) is 0 Å². The molecule has 1 aliphatic heterocycles. The minimum atomic E-state index is -0.427. The Morgan fingerprint density at radius 3 is 1.91 bits per heavy atom. The molecule has 172 valence electrons. The third kappa shape index (κ3) is 4.87. The number of benzene rings is 1. The Hall–Kier alpha value is -3.09. The minimum absolute atomic E-state index is 0.0157. The molecule has 1 N–H and O–H groups in total. The monoisotopic (exact) mass is 439 g/mol. The number of carbonyl (C=O) groups excluding carboxylic acids is 3. The van der Waals surface area contributed by atoms with Crippen LogP contribution in [-0.4, -0.2) is 64.9 Å². The average molecular weight is 440 g/mol. The Balaban J connectivity index is 1.66. The third-order valence-electron chi connectivity index (χ3n) is 5.88. The van der Waals surface area contributed by atoms with Crippen molar-refractivity contribution >= 4 is 17.8 Å². The molecule has 0 aliphatic carbocycles. The van der Waals surface area contributed by atoms with Gasteiger partial charge >= 0.3 is 5.97 Å². The zero-order chi connectivity index (χ0) is 23.6. The topological polar surface area (TPSA) is 82.7 Å². The molecule has 1 fully saturated rings. The second-order valence-electron chi connectivity index (χ2n) is 8.94. The van der Waals surface area contributed by atoms with Crippen molar-refractivity contribution in [2.75, 3.05) is 26.2 Å². The van der Waals surface area contributed by atoms with Gasteiger partial charge in [-0.15, -0.1) is 0 Å². The molecular weight excluding hydrogens is 406 g/mol. The molecule has 7 heteroatoms. The van der Waals surface area contributed by atoms with Gasteiger partial charge in [0.25, 0.3) is 11.8 Å². The molecule has 1 saturated heterocycles. The molecular formula is C25H33N3O4. The number of rotatable bonds is 5. The normalized spacial score (nSPS) is 14.2. The van der Waals surface area contributed by atoms with Gasteiger partial charge in [0.05, 0.1) is 11.7 Å². The van der Waals surface area contributed by atoms with E-state index in [0.29, 0.717) is 60.2 Å². The van der Waals surface area contributed by atoms with Crippen LogP contribution in [0.3, 0.4) is 0 Å². The lowest BCUT2D eigenvalue weighted by atomic mass is 10.0. The average Bonchev–Trinajstić information content (AvgIpc) is 3.06. The van der Waals surface area contributed by atoms with Crippen LogP contribution < -0.4 is 0 Å². The summed E-state index contributed by atoms with van der Waals surface area (Å²) in [5.41, 5.74) is 3.91. The molecule has 0 spiro atoms. The molecule has 7 nitrogen and oxygen atoms in total. The maximum Gasteiger partial charge on any atom is 0.340 e. The predicted octanol–water partition coefficient (Wildman–Crippen LogP) is 3.92. The van der Waals surface area contributed by atoms with Gasteiger partial charge in [0.1, 0.15) is 5.69 Å². The highest BCUT2D eigenvalue weighted by molar-refractivity contribution is 6.01. The van der Waals surface area contributed by atoms with Gasteiger partial charge in [-0.2, -0.15) is 0 Å². The lowest BCUT2D eigenvalue weighted by Crippen LogP contribution is -2.50. The Morgan fingerprint density at radius 1 is 0.875 bits per heavy atom. The number of aromatic nitrogens is 1. The number of aromatic amines is 1. The molecule has 0 saturated carbocycles. The number of esters is 1. The molecule has 2 heterocycles. The van der Waals surface area contributed by atoms with Gasteiger partial charge in [-0.1, -0.05) is 26.0 Å². The number of nitrogens with one attached hydrogen (secondary N) is 1. The van der Waals surface area contributed by atoms with Crippen molar-refractivity contribution < 1.29 is 19.1 Å². The molecule has 2 aromatic rings. The number of hydrogen-bond acceptors (Lipinski definition) is 4. The van der Waals surface area contributed by atoms with E-state index < -0.39 is 5.97 Å². The zero-order valence-electron chi connectivity index (χ0n) is 19.8. The molecule has 1 aromatic carbocycles. The zero-order valence-corrected chi connectivity index (χ0v) is 19.8. The molecule has 32 heavy (non-hydrogen) atoms. The smallest absolute Gasteiger partial charge is 0.340 e. The highest BCUT2D eigenvalue weighted by atomic mass is 16.5. The fourth-order valence-electron chi connectivity index (χ4n) is 4.01. The Kier molecular flexibility index (Phi) is 7.06. The van der Waals surface area contributed by atoms with Gasteiger partial charge in [0, 0.05) is 37.4 Å². The van der Waals surface area contributed by atoms with Crippen molar-refractivity contribution in [1.29, 1.82) is 0 Å². The molecule has 0 atom stereocenters. The van der Waals surface area contributed by atoms with Gasteiger partial charge < -0.3 is 19.5 Å². The van der Waals surface area contributed by atoms with Crippen LogP contribution in [-0.2, 0) is 4.74 Å². The highest BCUT2D eigenvalue weighted by Gasteiger charge is 2.29. The lowest BCUT2D eigenvalue weighted by molar-refractivity contribution is 0.0376. The van der Waals surface area contributed by atoms with Crippen LogP contribution in [0, 0.1) is 13.8 Å². The van der Waals surface area contributed by atoms with Crippen LogP contribution in [0.25, 0.3) is 0 Å². The van der Waals surface area contributed by atoms with Crippen LogP contribution in [0.5, 0.6) is 0 Å². The van der Waals surface area contributed by atoms with Crippen molar-refractivity contribution in [1.82, 2.24) is 14.8 Å². The molecule has 3 rings (SSSR count). The number of amides is 2. The second-order valence-corrected chi connectivity index (χ2v) is 8.94. The number of nitrogens with zero attached hydrogens (tertiary/aromatic N) is 2. The number of ether oxygens (including phenoxy) is 1. The van der Waals surface area contributed by atoms with Gasteiger partial charge in [-0.05, 0) is 56.9 Å². The largest absolute Gasteiger partial charge is 0.459 e. The van der Waals surface area contributed by atoms with E-state index in [4.69, 9.17) is 4.74 Å². The van der Waals surface area contributed by atoms with E-state index in [1.54, 1.807) is 37.5 Å². The summed E-state index contributed by atoms with van der Waals surface area (Å²) in [7, 11) is 0. The Bertz CT molecular complexity index is 997. The standard InChI is InChI=1S/C25H33N3O4/c1-15(2)19-7-9-20(10-8-19)23(29)27-11-13-28(14-12-27)24(30)22-17(5)21(18(6)26-22)25(31)32-16(3)4/h7-10,15-16,26H,11-14H2,1-6H3. The van der Waals surface area contributed by atoms with Gasteiger partial charge in [0.15, 0.2) is 0 Å². The number of aryl methyl sites for hydroxylation is 1. The number of piperazine rings is 1. The molecule has 1 aromatic heterocycles. The second kappa shape index (κ2) is 9.59. The molecule has 0 bridgehead atoms. The summed E-state index contributed by atoms with van der Waals surface area (Å²) in [5, 5.41) is 0. The summed E-state index contributed by atoms with van der Waals surface area (Å²) in [6, 6.07) is 7.74. The summed E-state index contributed by atoms with van der Waals surface area (Å²) < 4.78 is 5.31. The fourth-order valence-corrected chi connectivity index (χ4v) is 4.01. The summed E-state index contributed by atoms with van der Waals surface area (Å²) in [5.74, 6) is -0.189. The van der Waals surface area contributed by atoms with Gasteiger partial charge in [-0.25, -0.2) is 4.79 Å². The van der Waals surface area contributed by atoms with E-state index in [2.05, 4.69) is 18.8 Å². The summed E-state index contributed by atoms with van der Waals surface area (Å²) in [4.78, 5) is 45.0. The minimum Gasteiger partial charge on any atom is -0.459 e. The van der Waals surface area contributed by atoms with Crippen molar-refractivity contribution in [3.63, 3.8) is 0 Å². The van der Waals surface area contributed by atoms with Crippen LogP contribution in [0.1, 0.15) is 81.6 Å². The van der Waals surface area contributed by atoms with Gasteiger partial charge in [-0.3, -0.25) is 9.59 Å². The first-order valence-electron chi connectivity index (χ1n) is 11.2. The maximum absolute atomic E-state index is 13.1. The van der Waals surface area contributed by atoms with Crippen molar-refractivity contribution in [2.45, 2.75) is 53.6 Å². The van der Waals surface area contributed by atoms with Gasteiger partial charge in [0.2, 0.25) is 0 Å². The number of carbonyl (C=O) groups is 3. The first-order chi connectivity index (χ1) is 15.1. The number of hydrogen-bond donors (Lipinski definition) is 1. The lowest BCUT2D eigenvalue weighted by Gasteiger charge is -2.34. The summed E-state index contributed by atoms with van der Waals surface area (Å²) >= 11 is 0. The Labute approximate surface area is 189 Å². The predicted molar refractivity (Wildman–Crippen MR) is 123 cm³/mol. The van der Waals surface area contributed by atoms with Crippen LogP contribution >= 0.6 is 0 Å². The first-order valence-corrected chi connectivity index (χ1v) is 11.2. The van der Waals surface area contributed by atoms with E-state index in [-0.39, 0.29) is 17.9 Å². The van der Waals surface area contributed by atoms with Crippen LogP contribution in [0.15, 0.2) is 24.3 Å². The molecule has 0 radical (unpaired) electrons. The third-order valence-corrected chi connectivity index (χ3v) is 5.88. The summed E-state index contributed by atoms with van der Waals surface area (Å²) in [6.07, 6.45) is -0.234. The Morgan fingerprint density at radius 2 is 1.41 bits per heavy atom. The SMILES string of the molecule is Cc1[nH]c(C(=O)N2CCN(C(=O)c3ccc(C(C)C)cc3)CC2)c(C)c1C(=O)OC(C)C. The quantitative estimate of drug-likeness (QED) is 0.716. The van der Waals surface area contributed by atoms with E-state index in [1.807, 2.05) is 24.3 Å². The van der Waals surface area contributed by atoms with Crippen molar-refractivity contribution in [3.8, 4) is 0 Å². The van der Waals surface area contributed by atoms with E-state index in [0.717, 1.165) is 0 Å². The molecule has 0 unspecified atom stereocenters. The fraction of sp³-hybridized carbons (Fsp3) is 0.480. The van der Waals surface area contributed by atoms with E-state index in [9.17, 15) is 14.4 Å². The molecule has 1 aliphatic rings. The highest BCUT2D eigenvalue weighted by Crippen LogP contribution is 2.22. The first kappa shape index (κ1) is 23.6. The van der Waals surface area contributed by atoms with E-state index in [1.165, 1.54) is 5.56 Å². The number of H-pyrrole nitrogens is 1. The van der Waals surface area contributed by atoms with Crippen LogP contribution in [0.2, 0.25) is 0 Å². The summed E-state index contributed by atoms with van der Waals surface area (Å²) in [6.45, 7) is 13.2. The molecule has 2 amide bonds. The maximum atomic E-state index is 13.1. The van der Waals surface area contributed by atoms with Crippen molar-refractivity contribution in [3.05, 3.63) is 57.9 Å². The van der Waals surface area contributed by atoms with E-state index >= 15 is 0 Å².